The fourth-order valence-electron chi connectivity index (χ4n) is 3.91. The lowest BCUT2D eigenvalue weighted by atomic mass is 9.99. The zero-order chi connectivity index (χ0) is 25.1. The molecule has 4 atom stereocenters. The van der Waals surface area contributed by atoms with Crippen molar-refractivity contribution >= 4 is 12.0 Å². The summed E-state index contributed by atoms with van der Waals surface area (Å²) in [5.41, 5.74) is 0.251. The van der Waals surface area contributed by atoms with Gasteiger partial charge in [0.25, 0.3) is 5.91 Å². The summed E-state index contributed by atoms with van der Waals surface area (Å²) in [6, 6.07) is 8.48. The van der Waals surface area contributed by atoms with E-state index in [1.165, 1.54) is 0 Å². The molecule has 1 aromatic carbocycles. The first-order chi connectivity index (χ1) is 16.1. The number of carbonyl (C=O) groups excluding carboxylic acids is 2. The van der Waals surface area contributed by atoms with E-state index in [1.807, 2.05) is 44.2 Å². The van der Waals surface area contributed by atoms with Crippen LogP contribution in [-0.4, -0.2) is 60.4 Å². The molecule has 8 nitrogen and oxygen atoms in total. The van der Waals surface area contributed by atoms with Crippen LogP contribution in [-0.2, 0) is 25.4 Å². The number of hydrogen-bond acceptors (Lipinski definition) is 6. The van der Waals surface area contributed by atoms with E-state index < -0.39 is 42.1 Å². The summed E-state index contributed by atoms with van der Waals surface area (Å²) < 4.78 is 17.4. The average molecular weight is 479 g/mol. The average Bonchev–Trinajstić information content (AvgIpc) is 2.76. The van der Waals surface area contributed by atoms with E-state index >= 15 is 0 Å². The van der Waals surface area contributed by atoms with E-state index in [-0.39, 0.29) is 6.61 Å². The Bertz CT molecular complexity index is 743. The van der Waals surface area contributed by atoms with E-state index in [4.69, 9.17) is 14.2 Å². The second-order valence-electron chi connectivity index (χ2n) is 10.3. The Hall–Kier alpha value is -2.16. The number of benzene rings is 1. The predicted octanol–water partition coefficient (Wildman–Crippen LogP) is 3.56. The number of aliphatic hydroxyl groups is 1. The molecule has 0 aliphatic carbocycles. The molecule has 1 heterocycles. The zero-order valence-electron chi connectivity index (χ0n) is 21.2. The Morgan fingerprint density at radius 2 is 1.85 bits per heavy atom. The van der Waals surface area contributed by atoms with Crippen molar-refractivity contribution in [2.75, 3.05) is 13.2 Å². The van der Waals surface area contributed by atoms with Crippen molar-refractivity contribution in [1.29, 1.82) is 0 Å². The molecular formula is C26H42N2O6. The molecule has 0 aromatic heterocycles. The van der Waals surface area contributed by atoms with Crippen molar-refractivity contribution in [1.82, 2.24) is 10.6 Å². The zero-order valence-corrected chi connectivity index (χ0v) is 21.2. The number of alkyl carbamates (subject to hydrolysis) is 1. The predicted molar refractivity (Wildman–Crippen MR) is 130 cm³/mol. The highest BCUT2D eigenvalue weighted by molar-refractivity contribution is 5.83. The molecule has 34 heavy (non-hydrogen) atoms. The van der Waals surface area contributed by atoms with E-state index in [0.717, 1.165) is 18.4 Å². The van der Waals surface area contributed by atoms with Crippen molar-refractivity contribution in [2.45, 2.75) is 96.8 Å². The van der Waals surface area contributed by atoms with Gasteiger partial charge in [0.2, 0.25) is 0 Å². The van der Waals surface area contributed by atoms with Crippen LogP contribution < -0.4 is 10.6 Å². The van der Waals surface area contributed by atoms with Gasteiger partial charge in [-0.15, -0.1) is 0 Å². The van der Waals surface area contributed by atoms with Gasteiger partial charge in [0.1, 0.15) is 5.60 Å². The van der Waals surface area contributed by atoms with E-state index in [9.17, 15) is 14.7 Å². The third-order valence-electron chi connectivity index (χ3n) is 5.38. The molecule has 1 aromatic rings. The Labute approximate surface area is 203 Å². The van der Waals surface area contributed by atoms with Gasteiger partial charge in [-0.2, -0.15) is 0 Å². The molecule has 3 N–H and O–H groups in total. The van der Waals surface area contributed by atoms with E-state index in [2.05, 4.69) is 10.6 Å². The SMILES string of the molecule is CC(C)CC(CO)NC(=O)C(OC1CCCCO1)C(Cc1ccccc1)NC(=O)OC(C)(C)C. The topological polar surface area (TPSA) is 106 Å². The van der Waals surface area contributed by atoms with Crippen LogP contribution in [0.1, 0.15) is 65.9 Å². The molecule has 4 unspecified atom stereocenters. The van der Waals surface area contributed by atoms with Crippen LogP contribution >= 0.6 is 0 Å². The van der Waals surface area contributed by atoms with Crippen LogP contribution in [0, 0.1) is 5.92 Å². The molecule has 1 saturated heterocycles. The first-order valence-corrected chi connectivity index (χ1v) is 12.3. The minimum absolute atomic E-state index is 0.181. The second kappa shape index (κ2) is 13.7. The van der Waals surface area contributed by atoms with Gasteiger partial charge in [-0.3, -0.25) is 4.79 Å². The van der Waals surface area contributed by atoms with Crippen LogP contribution in [0.3, 0.4) is 0 Å². The van der Waals surface area contributed by atoms with Gasteiger partial charge in [0.05, 0.1) is 18.7 Å². The van der Waals surface area contributed by atoms with Gasteiger partial charge in [0, 0.05) is 6.61 Å². The fourth-order valence-corrected chi connectivity index (χ4v) is 3.91. The molecular weight excluding hydrogens is 436 g/mol. The lowest BCUT2D eigenvalue weighted by molar-refractivity contribution is -0.197. The van der Waals surface area contributed by atoms with Crippen molar-refractivity contribution in [3.8, 4) is 0 Å². The summed E-state index contributed by atoms with van der Waals surface area (Å²) in [6.07, 6.45) is 1.34. The molecule has 0 saturated carbocycles. The largest absolute Gasteiger partial charge is 0.444 e. The summed E-state index contributed by atoms with van der Waals surface area (Å²) in [7, 11) is 0. The number of aliphatic hydroxyl groups excluding tert-OH is 1. The minimum atomic E-state index is -1.03. The number of amides is 2. The minimum Gasteiger partial charge on any atom is -0.444 e. The highest BCUT2D eigenvalue weighted by Crippen LogP contribution is 2.20. The molecule has 0 bridgehead atoms. The van der Waals surface area contributed by atoms with Gasteiger partial charge >= 0.3 is 6.09 Å². The Kier molecular flexibility index (Phi) is 11.3. The smallest absolute Gasteiger partial charge is 0.407 e. The van der Waals surface area contributed by atoms with Crippen molar-refractivity contribution in [2.24, 2.45) is 5.92 Å². The normalized spacial score (nSPS) is 19.2. The van der Waals surface area contributed by atoms with Crippen LogP contribution in [0.2, 0.25) is 0 Å². The molecule has 0 radical (unpaired) electrons. The van der Waals surface area contributed by atoms with Gasteiger partial charge in [0.15, 0.2) is 12.4 Å². The quantitative estimate of drug-likeness (QED) is 0.449. The monoisotopic (exact) mass is 478 g/mol. The summed E-state index contributed by atoms with van der Waals surface area (Å²) in [5.74, 6) is -0.107. The van der Waals surface area contributed by atoms with Gasteiger partial charge in [-0.1, -0.05) is 44.2 Å². The van der Waals surface area contributed by atoms with Gasteiger partial charge in [-0.25, -0.2) is 4.79 Å². The van der Waals surface area contributed by atoms with Crippen LogP contribution in [0.4, 0.5) is 4.79 Å². The molecule has 8 heteroatoms. The highest BCUT2D eigenvalue weighted by atomic mass is 16.7. The molecule has 2 amide bonds. The lowest BCUT2D eigenvalue weighted by Crippen LogP contribution is -2.56. The Morgan fingerprint density at radius 3 is 2.41 bits per heavy atom. The Balaban J connectivity index is 2.30. The van der Waals surface area contributed by atoms with E-state index in [0.29, 0.717) is 31.8 Å². The van der Waals surface area contributed by atoms with Crippen LogP contribution in [0.25, 0.3) is 0 Å². The maximum atomic E-state index is 13.5. The highest BCUT2D eigenvalue weighted by Gasteiger charge is 2.36. The maximum absolute atomic E-state index is 13.5. The lowest BCUT2D eigenvalue weighted by Gasteiger charge is -2.33. The van der Waals surface area contributed by atoms with Crippen LogP contribution in [0.15, 0.2) is 30.3 Å². The number of nitrogens with one attached hydrogen (secondary N) is 2. The number of rotatable bonds is 11. The number of carbonyl (C=O) groups is 2. The molecule has 2 rings (SSSR count). The summed E-state index contributed by atoms with van der Waals surface area (Å²) in [4.78, 5) is 26.2. The van der Waals surface area contributed by atoms with Crippen LogP contribution in [0.5, 0.6) is 0 Å². The number of ether oxygens (including phenoxy) is 3. The fraction of sp³-hybridized carbons (Fsp3) is 0.692. The molecule has 192 valence electrons. The summed E-state index contributed by atoms with van der Waals surface area (Å²) >= 11 is 0. The standard InChI is InChI=1S/C26H42N2O6/c1-18(2)15-20(17-29)27-24(30)23(33-22-13-9-10-14-32-22)21(16-19-11-7-6-8-12-19)28-25(31)34-26(3,4)5/h6-8,11-12,18,20-23,29H,9-10,13-17H2,1-5H3,(H,27,30)(H,28,31). The molecule has 1 aliphatic heterocycles. The van der Waals surface area contributed by atoms with E-state index in [1.54, 1.807) is 20.8 Å². The second-order valence-corrected chi connectivity index (χ2v) is 10.3. The molecule has 1 aliphatic rings. The number of hydrogen-bond donors (Lipinski definition) is 3. The summed E-state index contributed by atoms with van der Waals surface area (Å²) in [6.45, 7) is 9.79. The van der Waals surface area contributed by atoms with Crippen molar-refractivity contribution < 1.29 is 28.9 Å². The van der Waals surface area contributed by atoms with Crippen molar-refractivity contribution in [3.05, 3.63) is 35.9 Å². The molecule has 0 spiro atoms. The van der Waals surface area contributed by atoms with Gasteiger partial charge < -0.3 is 30.0 Å². The third-order valence-corrected chi connectivity index (χ3v) is 5.38. The summed E-state index contributed by atoms with van der Waals surface area (Å²) in [5, 5.41) is 15.6. The first kappa shape index (κ1) is 28.1. The Morgan fingerprint density at radius 1 is 1.15 bits per heavy atom. The maximum Gasteiger partial charge on any atom is 0.407 e. The third kappa shape index (κ3) is 10.4. The molecule has 1 fully saturated rings. The first-order valence-electron chi connectivity index (χ1n) is 12.3. The van der Waals surface area contributed by atoms with Gasteiger partial charge in [-0.05, 0) is 64.4 Å². The van der Waals surface area contributed by atoms with Crippen molar-refractivity contribution in [3.63, 3.8) is 0 Å².